The molecule has 0 radical (unpaired) electrons. The van der Waals surface area contributed by atoms with Gasteiger partial charge in [0.2, 0.25) is 0 Å². The molecule has 49 heavy (non-hydrogen) atoms. The predicted molar refractivity (Wildman–Crippen MR) is 200 cm³/mol. The van der Waals surface area contributed by atoms with E-state index in [4.69, 9.17) is 15.0 Å². The standard InChI is InChI=1S/C45H32N4/c1-45(2)39-28-35(24-25-37(39)38-26-23-31-12-6-7-13-36(31)41(38)45)44-48-42(33-19-15-30(16-20-33)29-10-4-3-5-11-29)47-43(49-44)34-21-17-32(18-22-34)40-14-8-9-27-46-40/h3-28H,1-2H3. The summed E-state index contributed by atoms with van der Waals surface area (Å²) in [5, 5.41) is 2.57. The number of hydrogen-bond donors (Lipinski definition) is 0. The highest BCUT2D eigenvalue weighted by Crippen LogP contribution is 2.52. The van der Waals surface area contributed by atoms with Crippen LogP contribution in [0.25, 0.3) is 78.4 Å². The van der Waals surface area contributed by atoms with Crippen LogP contribution in [0.1, 0.15) is 25.0 Å². The summed E-state index contributed by atoms with van der Waals surface area (Å²) < 4.78 is 0. The van der Waals surface area contributed by atoms with Gasteiger partial charge in [-0.1, -0.05) is 147 Å². The van der Waals surface area contributed by atoms with Gasteiger partial charge in [0.1, 0.15) is 0 Å². The summed E-state index contributed by atoms with van der Waals surface area (Å²) in [5.41, 5.74) is 12.2. The van der Waals surface area contributed by atoms with Crippen molar-refractivity contribution < 1.29 is 0 Å². The summed E-state index contributed by atoms with van der Waals surface area (Å²) in [6.07, 6.45) is 1.82. The topological polar surface area (TPSA) is 51.6 Å². The number of fused-ring (bicyclic) bond motifs is 5. The molecule has 232 valence electrons. The predicted octanol–water partition coefficient (Wildman–Crippen LogP) is 11.1. The third kappa shape index (κ3) is 5.01. The van der Waals surface area contributed by atoms with Crippen LogP contribution in [0.15, 0.2) is 158 Å². The molecule has 0 N–H and O–H groups in total. The molecule has 0 saturated heterocycles. The van der Waals surface area contributed by atoms with Crippen LogP contribution in [0.2, 0.25) is 0 Å². The van der Waals surface area contributed by atoms with Crippen LogP contribution in [0, 0.1) is 0 Å². The van der Waals surface area contributed by atoms with E-state index in [1.807, 2.05) is 30.5 Å². The zero-order valence-electron chi connectivity index (χ0n) is 27.3. The van der Waals surface area contributed by atoms with E-state index in [1.54, 1.807) is 0 Å². The summed E-state index contributed by atoms with van der Waals surface area (Å²) in [6.45, 7) is 4.66. The average Bonchev–Trinajstić information content (AvgIpc) is 3.41. The second-order valence-corrected chi connectivity index (χ2v) is 13.1. The zero-order valence-corrected chi connectivity index (χ0v) is 27.3. The van der Waals surface area contributed by atoms with Gasteiger partial charge in [0, 0.05) is 33.9 Å². The van der Waals surface area contributed by atoms with Crippen LogP contribution in [0.4, 0.5) is 0 Å². The van der Waals surface area contributed by atoms with E-state index in [9.17, 15) is 0 Å². The first-order valence-corrected chi connectivity index (χ1v) is 16.6. The van der Waals surface area contributed by atoms with Crippen molar-refractivity contribution in [1.82, 2.24) is 19.9 Å². The molecular weight excluding hydrogens is 597 g/mol. The lowest BCUT2D eigenvalue weighted by atomic mass is 9.80. The molecular formula is C45H32N4. The van der Waals surface area contributed by atoms with Gasteiger partial charge in [-0.2, -0.15) is 0 Å². The molecule has 8 aromatic rings. The number of nitrogens with zero attached hydrogens (tertiary/aromatic N) is 4. The molecule has 0 spiro atoms. The summed E-state index contributed by atoms with van der Waals surface area (Å²) >= 11 is 0. The quantitative estimate of drug-likeness (QED) is 0.190. The van der Waals surface area contributed by atoms with Crippen molar-refractivity contribution in [2.45, 2.75) is 19.3 Å². The molecule has 1 aliphatic carbocycles. The van der Waals surface area contributed by atoms with E-state index in [-0.39, 0.29) is 5.41 Å². The number of aromatic nitrogens is 4. The highest BCUT2D eigenvalue weighted by atomic mass is 15.0. The molecule has 2 heterocycles. The Morgan fingerprint density at radius 3 is 1.67 bits per heavy atom. The molecule has 0 bridgehead atoms. The van der Waals surface area contributed by atoms with Crippen LogP contribution in [0.3, 0.4) is 0 Å². The Morgan fingerprint density at radius 2 is 0.980 bits per heavy atom. The van der Waals surface area contributed by atoms with E-state index in [0.717, 1.165) is 33.5 Å². The SMILES string of the molecule is CC1(C)c2cc(-c3nc(-c4ccc(-c5ccccc5)cc4)nc(-c4ccc(-c5ccccn5)cc4)n3)ccc2-c2ccc3ccccc3c21. The van der Waals surface area contributed by atoms with Crippen molar-refractivity contribution in [3.8, 4) is 67.7 Å². The van der Waals surface area contributed by atoms with Gasteiger partial charge in [0.25, 0.3) is 0 Å². The first-order valence-electron chi connectivity index (χ1n) is 16.6. The van der Waals surface area contributed by atoms with E-state index >= 15 is 0 Å². The minimum absolute atomic E-state index is 0.186. The third-order valence-electron chi connectivity index (χ3n) is 9.78. The smallest absolute Gasteiger partial charge is 0.164 e. The lowest BCUT2D eigenvalue weighted by Gasteiger charge is -2.23. The maximum atomic E-state index is 5.11. The van der Waals surface area contributed by atoms with Crippen molar-refractivity contribution in [3.63, 3.8) is 0 Å². The maximum Gasteiger partial charge on any atom is 0.164 e. The van der Waals surface area contributed by atoms with Crippen molar-refractivity contribution in [1.29, 1.82) is 0 Å². The molecule has 6 aromatic carbocycles. The molecule has 0 saturated carbocycles. The van der Waals surface area contributed by atoms with E-state index in [2.05, 4.69) is 146 Å². The molecule has 2 aromatic heterocycles. The second kappa shape index (κ2) is 11.5. The third-order valence-corrected chi connectivity index (χ3v) is 9.78. The fourth-order valence-corrected chi connectivity index (χ4v) is 7.27. The number of benzene rings is 6. The molecule has 0 aliphatic heterocycles. The Hall–Kier alpha value is -6.26. The van der Waals surface area contributed by atoms with Crippen molar-refractivity contribution >= 4 is 10.8 Å². The number of rotatable bonds is 5. The minimum atomic E-state index is -0.186. The van der Waals surface area contributed by atoms with Gasteiger partial charge < -0.3 is 0 Å². The largest absolute Gasteiger partial charge is 0.256 e. The zero-order chi connectivity index (χ0) is 33.0. The van der Waals surface area contributed by atoms with Gasteiger partial charge >= 0.3 is 0 Å². The maximum absolute atomic E-state index is 5.11. The molecule has 9 rings (SSSR count). The first-order chi connectivity index (χ1) is 24.0. The number of pyridine rings is 1. The van der Waals surface area contributed by atoms with Crippen molar-refractivity contribution in [2.24, 2.45) is 0 Å². The first kappa shape index (κ1) is 28.9. The Bertz CT molecular complexity index is 2380. The highest BCUT2D eigenvalue weighted by molar-refractivity contribution is 5.97. The Labute approximate surface area is 285 Å². The molecule has 0 amide bonds. The molecule has 0 atom stereocenters. The summed E-state index contributed by atoms with van der Waals surface area (Å²) in [6, 6.07) is 53.0. The molecule has 1 aliphatic rings. The highest BCUT2D eigenvalue weighted by Gasteiger charge is 2.37. The van der Waals surface area contributed by atoms with Crippen molar-refractivity contribution in [2.75, 3.05) is 0 Å². The van der Waals surface area contributed by atoms with Crippen LogP contribution < -0.4 is 0 Å². The fraction of sp³-hybridized carbons (Fsp3) is 0.0667. The van der Waals surface area contributed by atoms with E-state index < -0.39 is 0 Å². The second-order valence-electron chi connectivity index (χ2n) is 13.1. The lowest BCUT2D eigenvalue weighted by molar-refractivity contribution is 0.666. The number of hydrogen-bond acceptors (Lipinski definition) is 4. The minimum Gasteiger partial charge on any atom is -0.256 e. The van der Waals surface area contributed by atoms with Crippen LogP contribution in [-0.4, -0.2) is 19.9 Å². The molecule has 4 heteroatoms. The molecule has 4 nitrogen and oxygen atoms in total. The fourth-order valence-electron chi connectivity index (χ4n) is 7.27. The van der Waals surface area contributed by atoms with Gasteiger partial charge in [-0.05, 0) is 62.4 Å². The monoisotopic (exact) mass is 628 g/mol. The lowest BCUT2D eigenvalue weighted by Crippen LogP contribution is -2.15. The van der Waals surface area contributed by atoms with Gasteiger partial charge in [-0.25, -0.2) is 15.0 Å². The summed E-state index contributed by atoms with van der Waals surface area (Å²) in [7, 11) is 0. The van der Waals surface area contributed by atoms with Crippen LogP contribution >= 0.6 is 0 Å². The Balaban J connectivity index is 1.16. The molecule has 0 unspecified atom stereocenters. The van der Waals surface area contributed by atoms with Gasteiger partial charge in [-0.3, -0.25) is 4.98 Å². The van der Waals surface area contributed by atoms with Gasteiger partial charge in [0.15, 0.2) is 17.5 Å². The summed E-state index contributed by atoms with van der Waals surface area (Å²) in [4.78, 5) is 19.8. The van der Waals surface area contributed by atoms with E-state index in [1.165, 1.54) is 38.6 Å². The normalized spacial score (nSPS) is 12.9. The Morgan fingerprint density at radius 1 is 0.429 bits per heavy atom. The van der Waals surface area contributed by atoms with Gasteiger partial charge in [-0.15, -0.1) is 0 Å². The van der Waals surface area contributed by atoms with Crippen LogP contribution in [0.5, 0.6) is 0 Å². The summed E-state index contributed by atoms with van der Waals surface area (Å²) in [5.74, 6) is 1.93. The van der Waals surface area contributed by atoms with Crippen LogP contribution in [-0.2, 0) is 5.41 Å². The van der Waals surface area contributed by atoms with Crippen molar-refractivity contribution in [3.05, 3.63) is 169 Å². The Kier molecular flexibility index (Phi) is 6.77. The average molecular weight is 629 g/mol. The van der Waals surface area contributed by atoms with Gasteiger partial charge in [0.05, 0.1) is 5.69 Å². The molecule has 0 fully saturated rings. The van der Waals surface area contributed by atoms with E-state index in [0.29, 0.717) is 17.5 Å².